The van der Waals surface area contributed by atoms with Crippen molar-refractivity contribution in [1.29, 1.82) is 0 Å². The summed E-state index contributed by atoms with van der Waals surface area (Å²) >= 11 is 0. The molecule has 1 aliphatic rings. The zero-order valence-corrected chi connectivity index (χ0v) is 13.4. The molecule has 112 valence electrons. The molecule has 1 unspecified atom stereocenters. The zero-order valence-electron chi connectivity index (χ0n) is 13.4. The van der Waals surface area contributed by atoms with E-state index >= 15 is 0 Å². The van der Waals surface area contributed by atoms with Gasteiger partial charge in [-0.2, -0.15) is 0 Å². The Morgan fingerprint density at radius 1 is 1.29 bits per heavy atom. The van der Waals surface area contributed by atoms with Crippen molar-refractivity contribution in [3.63, 3.8) is 0 Å². The number of aromatic nitrogens is 1. The van der Waals surface area contributed by atoms with Crippen molar-refractivity contribution in [3.8, 4) is 0 Å². The second-order valence-electron chi connectivity index (χ2n) is 6.21. The molecule has 0 saturated carbocycles. The third-order valence-corrected chi connectivity index (χ3v) is 4.93. The molecule has 0 N–H and O–H groups in total. The van der Waals surface area contributed by atoms with Gasteiger partial charge in [0.1, 0.15) is 17.6 Å². The maximum Gasteiger partial charge on any atom is 0.147 e. The largest absolute Gasteiger partial charge is 0.368 e. The molecule has 1 aromatic heterocycles. The van der Waals surface area contributed by atoms with E-state index in [1.807, 2.05) is 0 Å². The highest BCUT2D eigenvalue weighted by atomic mass is 16.5. The Bertz CT molecular complexity index is 642. The van der Waals surface area contributed by atoms with Gasteiger partial charge in [0.2, 0.25) is 0 Å². The van der Waals surface area contributed by atoms with Crippen molar-refractivity contribution in [1.82, 2.24) is 5.16 Å². The van der Waals surface area contributed by atoms with Crippen LogP contribution in [0.5, 0.6) is 0 Å². The van der Waals surface area contributed by atoms with Gasteiger partial charge in [-0.25, -0.2) is 0 Å². The molecule has 21 heavy (non-hydrogen) atoms. The van der Waals surface area contributed by atoms with Gasteiger partial charge in [0.05, 0.1) is 0 Å². The predicted octanol–water partition coefficient (Wildman–Crippen LogP) is 4.08. The second-order valence-corrected chi connectivity index (χ2v) is 6.21. The van der Waals surface area contributed by atoms with E-state index in [-0.39, 0.29) is 5.41 Å². The summed E-state index contributed by atoms with van der Waals surface area (Å²) in [6.45, 7) is 10.8. The smallest absolute Gasteiger partial charge is 0.147 e. The van der Waals surface area contributed by atoms with Gasteiger partial charge in [-0.05, 0) is 51.7 Å². The van der Waals surface area contributed by atoms with Gasteiger partial charge in [0.25, 0.3) is 0 Å². The van der Waals surface area contributed by atoms with Crippen molar-refractivity contribution in [3.05, 3.63) is 46.8 Å². The minimum Gasteiger partial charge on any atom is -0.368 e. The van der Waals surface area contributed by atoms with E-state index in [9.17, 15) is 0 Å². The molecule has 0 bridgehead atoms. The minimum atomic E-state index is -0.0338. The average molecular weight is 284 g/mol. The van der Waals surface area contributed by atoms with Crippen molar-refractivity contribution in [2.75, 3.05) is 18.0 Å². The molecule has 0 saturated heterocycles. The lowest BCUT2D eigenvalue weighted by Gasteiger charge is -2.28. The molecule has 2 aromatic rings. The maximum absolute atomic E-state index is 5.35. The Balaban J connectivity index is 2.09. The van der Waals surface area contributed by atoms with Gasteiger partial charge < -0.3 is 9.42 Å². The number of nitrogens with zero attached hydrogens (tertiary/aromatic N) is 2. The van der Waals surface area contributed by atoms with Crippen molar-refractivity contribution < 1.29 is 4.52 Å². The molecule has 1 heterocycles. The van der Waals surface area contributed by atoms with Crippen molar-refractivity contribution in [2.24, 2.45) is 0 Å². The Hall–Kier alpha value is -1.77. The lowest BCUT2D eigenvalue weighted by atomic mass is 9.80. The third kappa shape index (κ3) is 2.15. The zero-order chi connectivity index (χ0) is 15.0. The Morgan fingerprint density at radius 2 is 2.05 bits per heavy atom. The van der Waals surface area contributed by atoms with E-state index in [1.165, 1.54) is 16.7 Å². The molecule has 1 aromatic carbocycles. The Labute approximate surface area is 126 Å². The fourth-order valence-electron chi connectivity index (χ4n) is 3.64. The first-order valence-electron chi connectivity index (χ1n) is 7.90. The Kier molecular flexibility index (Phi) is 3.52. The van der Waals surface area contributed by atoms with Crippen LogP contribution in [-0.4, -0.2) is 18.2 Å². The fourth-order valence-corrected chi connectivity index (χ4v) is 3.64. The Morgan fingerprint density at radius 3 is 2.76 bits per heavy atom. The lowest BCUT2D eigenvalue weighted by molar-refractivity contribution is 0.392. The normalized spacial score (nSPS) is 20.6. The van der Waals surface area contributed by atoms with E-state index in [4.69, 9.17) is 4.52 Å². The lowest BCUT2D eigenvalue weighted by Crippen LogP contribution is -2.28. The molecule has 3 rings (SSSR count). The predicted molar refractivity (Wildman–Crippen MR) is 86.0 cm³/mol. The van der Waals surface area contributed by atoms with Gasteiger partial charge in [0, 0.05) is 18.5 Å². The highest BCUT2D eigenvalue weighted by Gasteiger charge is 2.40. The number of aryl methyl sites for hydroxylation is 2. The SMILES string of the molecule is CCN(CC)c1conc1C1(C)CCc2cc(C)ccc21. The maximum atomic E-state index is 5.35. The van der Waals surface area contributed by atoms with E-state index in [1.54, 1.807) is 6.26 Å². The number of anilines is 1. The third-order valence-electron chi connectivity index (χ3n) is 4.93. The van der Waals surface area contributed by atoms with Crippen LogP contribution >= 0.6 is 0 Å². The second kappa shape index (κ2) is 5.21. The summed E-state index contributed by atoms with van der Waals surface area (Å²) in [5.74, 6) is 0. The number of rotatable bonds is 4. The van der Waals surface area contributed by atoms with Gasteiger partial charge in [-0.3, -0.25) is 0 Å². The van der Waals surface area contributed by atoms with Crippen LogP contribution in [0, 0.1) is 6.92 Å². The monoisotopic (exact) mass is 284 g/mol. The van der Waals surface area contributed by atoms with E-state index in [0.717, 1.165) is 37.3 Å². The van der Waals surface area contributed by atoms with Crippen molar-refractivity contribution in [2.45, 2.75) is 46.0 Å². The van der Waals surface area contributed by atoms with E-state index in [0.29, 0.717) is 0 Å². The average Bonchev–Trinajstić information content (AvgIpc) is 3.07. The standard InChI is InChI=1S/C18H24N2O/c1-5-20(6-2)16-12-21-19-17(16)18(4)10-9-14-11-13(3)7-8-15(14)18/h7-8,11-12H,5-6,9-10H2,1-4H3. The highest BCUT2D eigenvalue weighted by Crippen LogP contribution is 2.46. The number of fused-ring (bicyclic) bond motifs is 1. The summed E-state index contributed by atoms with van der Waals surface area (Å²) < 4.78 is 5.35. The molecule has 0 aliphatic heterocycles. The van der Waals surface area contributed by atoms with Crippen LogP contribution in [0.25, 0.3) is 0 Å². The number of benzene rings is 1. The first kappa shape index (κ1) is 14.2. The highest BCUT2D eigenvalue weighted by molar-refractivity contribution is 5.57. The molecule has 1 atom stereocenters. The number of hydrogen-bond acceptors (Lipinski definition) is 3. The first-order chi connectivity index (χ1) is 10.1. The van der Waals surface area contributed by atoms with E-state index < -0.39 is 0 Å². The summed E-state index contributed by atoms with van der Waals surface area (Å²) in [7, 11) is 0. The molecule has 0 radical (unpaired) electrons. The topological polar surface area (TPSA) is 29.3 Å². The summed E-state index contributed by atoms with van der Waals surface area (Å²) in [6.07, 6.45) is 4.03. The molecular formula is C18H24N2O. The molecule has 1 aliphatic carbocycles. The quantitative estimate of drug-likeness (QED) is 0.847. The summed E-state index contributed by atoms with van der Waals surface area (Å²) in [4.78, 5) is 2.32. The van der Waals surface area contributed by atoms with Crippen LogP contribution in [0.1, 0.15) is 49.6 Å². The van der Waals surface area contributed by atoms with Crippen LogP contribution in [-0.2, 0) is 11.8 Å². The van der Waals surface area contributed by atoms with Gasteiger partial charge in [-0.1, -0.05) is 28.9 Å². The minimum absolute atomic E-state index is 0.0338. The molecular weight excluding hydrogens is 260 g/mol. The van der Waals surface area contributed by atoms with Crippen LogP contribution < -0.4 is 4.90 Å². The van der Waals surface area contributed by atoms with Gasteiger partial charge in [-0.15, -0.1) is 0 Å². The molecule has 0 amide bonds. The van der Waals surface area contributed by atoms with Crippen LogP contribution in [0.2, 0.25) is 0 Å². The fraction of sp³-hybridized carbons (Fsp3) is 0.500. The van der Waals surface area contributed by atoms with Gasteiger partial charge >= 0.3 is 0 Å². The van der Waals surface area contributed by atoms with Crippen LogP contribution in [0.4, 0.5) is 5.69 Å². The molecule has 0 spiro atoms. The first-order valence-corrected chi connectivity index (χ1v) is 7.90. The van der Waals surface area contributed by atoms with Gasteiger partial charge in [0.15, 0.2) is 0 Å². The van der Waals surface area contributed by atoms with Crippen molar-refractivity contribution >= 4 is 5.69 Å². The van der Waals surface area contributed by atoms with Crippen LogP contribution in [0.3, 0.4) is 0 Å². The molecule has 3 heteroatoms. The summed E-state index contributed by atoms with van der Waals surface area (Å²) in [6, 6.07) is 6.80. The number of hydrogen-bond donors (Lipinski definition) is 0. The summed E-state index contributed by atoms with van der Waals surface area (Å²) in [5.41, 5.74) is 6.42. The van der Waals surface area contributed by atoms with E-state index in [2.05, 4.69) is 56.0 Å². The molecule has 3 nitrogen and oxygen atoms in total. The van der Waals surface area contributed by atoms with Crippen LogP contribution in [0.15, 0.2) is 29.0 Å². The summed E-state index contributed by atoms with van der Waals surface area (Å²) in [5, 5.41) is 4.39. The molecule has 0 fully saturated rings.